The molecular weight excluding hydrogens is 310 g/mol. The van der Waals surface area contributed by atoms with Crippen molar-refractivity contribution in [3.05, 3.63) is 48.2 Å². The van der Waals surface area contributed by atoms with Gasteiger partial charge in [-0.3, -0.25) is 9.88 Å². The Morgan fingerprint density at radius 2 is 1.96 bits per heavy atom. The van der Waals surface area contributed by atoms with Gasteiger partial charge in [0.25, 0.3) is 0 Å². The SMILES string of the molecule is CN(Cc1ccccn1)C1CCCN(c2ccnc(C3CC3)n2)CC1. The van der Waals surface area contributed by atoms with Gasteiger partial charge in [-0.2, -0.15) is 0 Å². The monoisotopic (exact) mass is 337 g/mol. The highest BCUT2D eigenvalue weighted by atomic mass is 15.2. The Hall–Kier alpha value is -2.01. The normalized spacial score (nSPS) is 21.4. The van der Waals surface area contributed by atoms with Crippen molar-refractivity contribution in [1.29, 1.82) is 0 Å². The van der Waals surface area contributed by atoms with Gasteiger partial charge in [0.2, 0.25) is 0 Å². The quantitative estimate of drug-likeness (QED) is 0.838. The fraction of sp³-hybridized carbons (Fsp3) is 0.550. The van der Waals surface area contributed by atoms with Crippen LogP contribution < -0.4 is 4.90 Å². The van der Waals surface area contributed by atoms with Gasteiger partial charge in [-0.15, -0.1) is 0 Å². The second-order valence-corrected chi connectivity index (χ2v) is 7.36. The molecule has 0 radical (unpaired) electrons. The van der Waals surface area contributed by atoms with Crippen LogP contribution in [-0.4, -0.2) is 46.0 Å². The van der Waals surface area contributed by atoms with Gasteiger partial charge in [0, 0.05) is 44.0 Å². The van der Waals surface area contributed by atoms with E-state index < -0.39 is 0 Å². The Kier molecular flexibility index (Phi) is 4.92. The van der Waals surface area contributed by atoms with Gasteiger partial charge in [-0.25, -0.2) is 9.97 Å². The van der Waals surface area contributed by atoms with Crippen LogP contribution in [0.3, 0.4) is 0 Å². The van der Waals surface area contributed by atoms with E-state index in [1.165, 1.54) is 32.1 Å². The van der Waals surface area contributed by atoms with Gasteiger partial charge >= 0.3 is 0 Å². The minimum Gasteiger partial charge on any atom is -0.356 e. The molecule has 2 aromatic rings. The molecule has 1 saturated carbocycles. The second kappa shape index (κ2) is 7.48. The smallest absolute Gasteiger partial charge is 0.133 e. The zero-order valence-corrected chi connectivity index (χ0v) is 15.0. The van der Waals surface area contributed by atoms with Crippen LogP contribution in [0.15, 0.2) is 36.7 Å². The van der Waals surface area contributed by atoms with Crippen LogP contribution in [0.5, 0.6) is 0 Å². The molecule has 5 nitrogen and oxygen atoms in total. The van der Waals surface area contributed by atoms with Gasteiger partial charge < -0.3 is 4.90 Å². The molecule has 4 rings (SSSR count). The van der Waals surface area contributed by atoms with Crippen LogP contribution in [0.1, 0.15) is 49.5 Å². The average Bonchev–Trinajstić information content (AvgIpc) is 3.49. The van der Waals surface area contributed by atoms with Crippen molar-refractivity contribution in [2.75, 3.05) is 25.0 Å². The Morgan fingerprint density at radius 1 is 1.04 bits per heavy atom. The van der Waals surface area contributed by atoms with E-state index in [0.29, 0.717) is 12.0 Å². The number of nitrogens with zero attached hydrogens (tertiary/aromatic N) is 5. The lowest BCUT2D eigenvalue weighted by Gasteiger charge is -2.27. The van der Waals surface area contributed by atoms with E-state index in [-0.39, 0.29) is 0 Å². The third-order valence-electron chi connectivity index (χ3n) is 5.38. The van der Waals surface area contributed by atoms with Crippen molar-refractivity contribution in [3.63, 3.8) is 0 Å². The van der Waals surface area contributed by atoms with Crippen LogP contribution in [-0.2, 0) is 6.54 Å². The summed E-state index contributed by atoms with van der Waals surface area (Å²) in [6.45, 7) is 3.08. The van der Waals surface area contributed by atoms with Gasteiger partial charge in [0.1, 0.15) is 11.6 Å². The number of aromatic nitrogens is 3. The molecule has 5 heteroatoms. The standard InChI is InChI=1S/C20H27N5/c1-24(15-17-5-2-3-11-21-17)18-6-4-13-25(14-10-18)19-9-12-22-20(23-19)16-7-8-16/h2-3,5,9,11-12,16,18H,4,6-8,10,13-15H2,1H3. The largest absolute Gasteiger partial charge is 0.356 e. The Labute approximate surface area is 150 Å². The molecule has 2 aromatic heterocycles. The maximum atomic E-state index is 4.83. The van der Waals surface area contributed by atoms with E-state index >= 15 is 0 Å². The van der Waals surface area contributed by atoms with Crippen molar-refractivity contribution in [2.45, 2.75) is 50.6 Å². The fourth-order valence-electron chi connectivity index (χ4n) is 3.70. The average molecular weight is 337 g/mol. The Morgan fingerprint density at radius 3 is 2.76 bits per heavy atom. The summed E-state index contributed by atoms with van der Waals surface area (Å²) < 4.78 is 0. The highest BCUT2D eigenvalue weighted by molar-refractivity contribution is 5.38. The summed E-state index contributed by atoms with van der Waals surface area (Å²) in [6, 6.07) is 8.84. The maximum Gasteiger partial charge on any atom is 0.133 e. The lowest BCUT2D eigenvalue weighted by atomic mass is 10.1. The first-order valence-corrected chi connectivity index (χ1v) is 9.47. The van der Waals surface area contributed by atoms with E-state index in [9.17, 15) is 0 Å². The molecule has 0 amide bonds. The second-order valence-electron chi connectivity index (χ2n) is 7.36. The third-order valence-corrected chi connectivity index (χ3v) is 5.38. The molecule has 2 fully saturated rings. The molecule has 0 bridgehead atoms. The lowest BCUT2D eigenvalue weighted by molar-refractivity contribution is 0.215. The van der Waals surface area contributed by atoms with E-state index in [1.807, 2.05) is 18.5 Å². The summed E-state index contributed by atoms with van der Waals surface area (Å²) in [5, 5.41) is 0. The molecule has 0 N–H and O–H groups in total. The van der Waals surface area contributed by atoms with Gasteiger partial charge in [-0.1, -0.05) is 6.07 Å². The van der Waals surface area contributed by atoms with E-state index in [4.69, 9.17) is 4.98 Å². The fourth-order valence-corrected chi connectivity index (χ4v) is 3.70. The highest BCUT2D eigenvalue weighted by Crippen LogP contribution is 2.38. The Bertz CT molecular complexity index is 685. The number of anilines is 1. The molecular formula is C20H27N5. The zero-order valence-electron chi connectivity index (χ0n) is 15.0. The van der Waals surface area contributed by atoms with Crippen molar-refractivity contribution in [1.82, 2.24) is 19.9 Å². The van der Waals surface area contributed by atoms with Crippen LogP contribution in [0.25, 0.3) is 0 Å². The predicted octanol–water partition coefficient (Wildman–Crippen LogP) is 3.24. The molecule has 132 valence electrons. The maximum absolute atomic E-state index is 4.83. The number of hydrogen-bond acceptors (Lipinski definition) is 5. The molecule has 1 aliphatic heterocycles. The predicted molar refractivity (Wildman–Crippen MR) is 99.6 cm³/mol. The topological polar surface area (TPSA) is 45.2 Å². The van der Waals surface area contributed by atoms with Gasteiger partial charge in [0.05, 0.1) is 5.69 Å². The molecule has 0 aromatic carbocycles. The van der Waals surface area contributed by atoms with Gasteiger partial charge in [0.15, 0.2) is 0 Å². The van der Waals surface area contributed by atoms with Crippen LogP contribution >= 0.6 is 0 Å². The first kappa shape index (κ1) is 16.5. The minimum absolute atomic E-state index is 0.608. The molecule has 1 aliphatic carbocycles. The molecule has 2 aliphatic rings. The molecule has 3 heterocycles. The third kappa shape index (κ3) is 4.15. The van der Waals surface area contributed by atoms with Crippen LogP contribution in [0.2, 0.25) is 0 Å². The first-order chi connectivity index (χ1) is 12.3. The van der Waals surface area contributed by atoms with Crippen molar-refractivity contribution in [3.8, 4) is 0 Å². The summed E-state index contributed by atoms with van der Waals surface area (Å²) in [5.41, 5.74) is 1.15. The lowest BCUT2D eigenvalue weighted by Crippen LogP contribution is -2.33. The van der Waals surface area contributed by atoms with Crippen LogP contribution in [0, 0.1) is 0 Å². The number of pyridine rings is 1. The summed E-state index contributed by atoms with van der Waals surface area (Å²) in [5.74, 6) is 2.78. The molecule has 1 atom stereocenters. The van der Waals surface area contributed by atoms with Gasteiger partial charge in [-0.05, 0) is 57.4 Å². The first-order valence-electron chi connectivity index (χ1n) is 9.47. The minimum atomic E-state index is 0.608. The Balaban J connectivity index is 1.37. The van der Waals surface area contributed by atoms with E-state index in [1.54, 1.807) is 0 Å². The zero-order chi connectivity index (χ0) is 17.1. The van der Waals surface area contributed by atoms with Crippen molar-refractivity contribution in [2.24, 2.45) is 0 Å². The summed E-state index contributed by atoms with van der Waals surface area (Å²) >= 11 is 0. The molecule has 1 saturated heterocycles. The number of hydrogen-bond donors (Lipinski definition) is 0. The van der Waals surface area contributed by atoms with Crippen LogP contribution in [0.4, 0.5) is 5.82 Å². The van der Waals surface area contributed by atoms with E-state index in [0.717, 1.165) is 37.0 Å². The summed E-state index contributed by atoms with van der Waals surface area (Å²) in [7, 11) is 2.23. The summed E-state index contributed by atoms with van der Waals surface area (Å²) in [6.07, 6.45) is 9.94. The molecule has 25 heavy (non-hydrogen) atoms. The number of rotatable bonds is 5. The summed E-state index contributed by atoms with van der Waals surface area (Å²) in [4.78, 5) is 18.7. The van der Waals surface area contributed by atoms with Crippen molar-refractivity contribution >= 4 is 5.82 Å². The highest BCUT2D eigenvalue weighted by Gasteiger charge is 2.27. The van der Waals surface area contributed by atoms with Crippen molar-refractivity contribution < 1.29 is 0 Å². The van der Waals surface area contributed by atoms with E-state index in [2.05, 4.69) is 45.0 Å². The molecule has 1 unspecified atom stereocenters. The molecule has 0 spiro atoms.